The Bertz CT molecular complexity index is 1190. The molecule has 160 valence electrons. The Morgan fingerprint density at radius 2 is 1.45 bits per heavy atom. The van der Waals surface area contributed by atoms with Crippen LogP contribution < -0.4 is 15.1 Å². The Morgan fingerprint density at radius 1 is 0.903 bits per heavy atom. The highest BCUT2D eigenvalue weighted by molar-refractivity contribution is 7.84. The zero-order valence-electron chi connectivity index (χ0n) is 17.1. The van der Waals surface area contributed by atoms with E-state index in [0.717, 1.165) is 28.0 Å². The Labute approximate surface area is 181 Å². The van der Waals surface area contributed by atoms with Crippen molar-refractivity contribution in [2.75, 3.05) is 19.8 Å². The molecule has 0 fully saturated rings. The van der Waals surface area contributed by atoms with Gasteiger partial charge in [-0.05, 0) is 64.7 Å². The third-order valence-corrected chi connectivity index (χ3v) is 4.57. The van der Waals surface area contributed by atoms with E-state index in [9.17, 15) is 8.42 Å². The van der Waals surface area contributed by atoms with Crippen LogP contribution in [0.4, 0.5) is 11.4 Å². The molecule has 0 unspecified atom stereocenters. The Hall–Kier alpha value is -3.69. The van der Waals surface area contributed by atoms with Crippen molar-refractivity contribution in [3.05, 3.63) is 89.5 Å². The van der Waals surface area contributed by atoms with Crippen LogP contribution in [0.15, 0.2) is 83.1 Å². The lowest BCUT2D eigenvalue weighted by atomic mass is 9.95. The van der Waals surface area contributed by atoms with E-state index in [2.05, 4.69) is 10.3 Å². The van der Waals surface area contributed by atoms with Gasteiger partial charge in [0.1, 0.15) is 5.75 Å². The maximum absolute atomic E-state index is 11.1. The third kappa shape index (κ3) is 6.66. The molecule has 0 spiro atoms. The van der Waals surface area contributed by atoms with E-state index in [4.69, 9.17) is 15.1 Å². The number of hydrogen-bond acceptors (Lipinski definition) is 6. The van der Waals surface area contributed by atoms with E-state index in [-0.39, 0.29) is 5.75 Å². The summed E-state index contributed by atoms with van der Waals surface area (Å²) in [5.41, 5.74) is 10.9. The van der Waals surface area contributed by atoms with Gasteiger partial charge in [0, 0.05) is 19.8 Å². The fourth-order valence-corrected chi connectivity index (χ4v) is 3.14. The molecule has 31 heavy (non-hydrogen) atoms. The average Bonchev–Trinajstić information content (AvgIpc) is 2.72. The molecular weight excluding hydrogens is 414 g/mol. The fraction of sp³-hybridized carbons (Fsp3) is 0.0909. The quantitative estimate of drug-likeness (QED) is 0.250. The minimum Gasteiger partial charge on any atom is -0.399 e. The van der Waals surface area contributed by atoms with Crippen LogP contribution in [0.3, 0.4) is 0 Å². The predicted octanol–water partition coefficient (Wildman–Crippen LogP) is 4.00. The molecule has 0 atom stereocenters. The first-order chi connectivity index (χ1) is 14.7. The molecule has 0 amide bonds. The molecule has 0 heterocycles. The second kappa shape index (κ2) is 9.41. The minimum atomic E-state index is -4.08. The first-order valence-corrected chi connectivity index (χ1v) is 10.8. The van der Waals surface area contributed by atoms with Gasteiger partial charge in [-0.15, -0.1) is 5.11 Å². The van der Waals surface area contributed by atoms with Crippen LogP contribution in [0, 0.1) is 0 Å². The number of nitrogens with zero attached hydrogens (tertiary/aromatic N) is 3. The zero-order chi connectivity index (χ0) is 22.4. The van der Waals surface area contributed by atoms with E-state index in [1.54, 1.807) is 43.4 Å². The Kier molecular flexibility index (Phi) is 6.68. The Morgan fingerprint density at radius 3 is 1.97 bits per heavy atom. The maximum atomic E-state index is 11.1. The molecule has 0 aliphatic rings. The van der Waals surface area contributed by atoms with Crippen molar-refractivity contribution in [1.29, 1.82) is 0 Å². The van der Waals surface area contributed by atoms with Crippen LogP contribution in [0.5, 0.6) is 5.75 Å². The lowest BCUT2D eigenvalue weighted by Crippen LogP contribution is -2.18. The number of nitrogens with two attached hydrogens (primary N) is 2. The van der Waals surface area contributed by atoms with Gasteiger partial charge in [0.25, 0.3) is 0 Å². The van der Waals surface area contributed by atoms with Gasteiger partial charge in [0.05, 0.1) is 5.69 Å². The highest BCUT2D eigenvalue weighted by Gasteiger charge is 2.09. The van der Waals surface area contributed by atoms with Gasteiger partial charge in [-0.1, -0.05) is 41.6 Å². The van der Waals surface area contributed by atoms with Crippen molar-refractivity contribution in [2.45, 2.75) is 0 Å². The van der Waals surface area contributed by atoms with Gasteiger partial charge in [-0.25, -0.2) is 0 Å². The minimum absolute atomic E-state index is 0.138. The molecular formula is C22H23N5O3S. The lowest BCUT2D eigenvalue weighted by Gasteiger charge is -2.11. The van der Waals surface area contributed by atoms with Crippen LogP contribution in [0.1, 0.15) is 16.7 Å². The van der Waals surface area contributed by atoms with Crippen molar-refractivity contribution < 1.29 is 12.6 Å². The van der Waals surface area contributed by atoms with Crippen molar-refractivity contribution in [2.24, 2.45) is 15.5 Å². The van der Waals surface area contributed by atoms with Gasteiger partial charge in [0.15, 0.2) is 0 Å². The molecule has 0 saturated heterocycles. The summed E-state index contributed by atoms with van der Waals surface area (Å²) in [6.07, 6.45) is 2.02. The molecule has 0 bridgehead atoms. The smallest absolute Gasteiger partial charge is 0.380 e. The number of rotatable bonds is 7. The maximum Gasteiger partial charge on any atom is 0.380 e. The van der Waals surface area contributed by atoms with Crippen molar-refractivity contribution >= 4 is 33.3 Å². The second-order valence-electron chi connectivity index (χ2n) is 6.91. The lowest BCUT2D eigenvalue weighted by molar-refractivity contribution is 0.408. The van der Waals surface area contributed by atoms with E-state index in [1.807, 2.05) is 54.6 Å². The van der Waals surface area contributed by atoms with E-state index < -0.39 is 10.3 Å². The van der Waals surface area contributed by atoms with Crippen LogP contribution in [-0.4, -0.2) is 27.5 Å². The number of anilines is 1. The summed E-state index contributed by atoms with van der Waals surface area (Å²) < 4.78 is 27.0. The average molecular weight is 438 g/mol. The first-order valence-electron chi connectivity index (χ1n) is 9.29. The molecule has 4 N–H and O–H groups in total. The molecule has 3 aromatic rings. The summed E-state index contributed by atoms with van der Waals surface area (Å²) in [6.45, 7) is 0. The monoisotopic (exact) mass is 437 g/mol. The summed E-state index contributed by atoms with van der Waals surface area (Å²) >= 11 is 0. The third-order valence-electron chi connectivity index (χ3n) is 4.14. The summed E-state index contributed by atoms with van der Waals surface area (Å²) in [6, 6.07) is 21.8. The molecule has 9 heteroatoms. The van der Waals surface area contributed by atoms with E-state index in [0.29, 0.717) is 5.69 Å². The molecule has 0 aliphatic heterocycles. The summed E-state index contributed by atoms with van der Waals surface area (Å²) in [5.74, 6) is 0.138. The summed E-state index contributed by atoms with van der Waals surface area (Å²) in [7, 11) is -0.470. The molecule has 0 saturated carbocycles. The Balaban J connectivity index is 1.98. The van der Waals surface area contributed by atoms with E-state index >= 15 is 0 Å². The SMILES string of the molecule is CN(C)N=Nc1ccc(C=C(c2ccc(N)cc2)c2ccc(OS(N)(=O)=O)cc2)cc1. The van der Waals surface area contributed by atoms with Crippen molar-refractivity contribution in [3.8, 4) is 5.75 Å². The molecule has 8 nitrogen and oxygen atoms in total. The molecule has 0 aliphatic carbocycles. The van der Waals surface area contributed by atoms with E-state index in [1.165, 1.54) is 0 Å². The number of nitrogen functional groups attached to an aromatic ring is 1. The van der Waals surface area contributed by atoms with Gasteiger partial charge < -0.3 is 9.92 Å². The number of benzene rings is 3. The topological polar surface area (TPSA) is 123 Å². The van der Waals surface area contributed by atoms with Crippen molar-refractivity contribution in [3.63, 3.8) is 0 Å². The molecule has 3 aromatic carbocycles. The zero-order valence-corrected chi connectivity index (χ0v) is 18.0. The summed E-state index contributed by atoms with van der Waals surface area (Å²) in [5, 5.41) is 14.7. The molecule has 0 aromatic heterocycles. The largest absolute Gasteiger partial charge is 0.399 e. The number of hydrogen-bond donors (Lipinski definition) is 2. The highest BCUT2D eigenvalue weighted by Crippen LogP contribution is 2.29. The van der Waals surface area contributed by atoms with Gasteiger partial charge >= 0.3 is 10.3 Å². The standard InChI is InChI=1S/C22H23N5O3S/c1-27(2)26-25-20-11-3-16(4-12-20)15-22(17-5-9-19(23)10-6-17)18-7-13-21(14-8-18)30-31(24,28)29/h3-15H,23H2,1-2H3,(H2,24,28,29). The van der Waals surface area contributed by atoms with Crippen LogP contribution in [-0.2, 0) is 10.3 Å². The van der Waals surface area contributed by atoms with Crippen molar-refractivity contribution in [1.82, 2.24) is 5.01 Å². The normalized spacial score (nSPS) is 12.2. The second-order valence-corrected chi connectivity index (χ2v) is 8.06. The van der Waals surface area contributed by atoms with Crippen LogP contribution >= 0.6 is 0 Å². The van der Waals surface area contributed by atoms with Gasteiger partial charge in [-0.3, -0.25) is 5.01 Å². The van der Waals surface area contributed by atoms with Crippen LogP contribution in [0.2, 0.25) is 0 Å². The van der Waals surface area contributed by atoms with Gasteiger partial charge in [0.2, 0.25) is 0 Å². The summed E-state index contributed by atoms with van der Waals surface area (Å²) in [4.78, 5) is 0. The highest BCUT2D eigenvalue weighted by atomic mass is 32.2. The van der Waals surface area contributed by atoms with Gasteiger partial charge in [-0.2, -0.15) is 13.6 Å². The molecule has 0 radical (unpaired) electrons. The first kappa shape index (κ1) is 22.0. The van der Waals surface area contributed by atoms with Crippen LogP contribution in [0.25, 0.3) is 11.6 Å². The predicted molar refractivity (Wildman–Crippen MR) is 123 cm³/mol. The molecule has 3 rings (SSSR count). The fourth-order valence-electron chi connectivity index (χ4n) is 2.77.